The van der Waals surface area contributed by atoms with Gasteiger partial charge in [0.15, 0.2) is 11.5 Å². The van der Waals surface area contributed by atoms with Gasteiger partial charge in [-0.25, -0.2) is 0 Å². The topological polar surface area (TPSA) is 27.7 Å². The Kier molecular flexibility index (Phi) is 48.6. The number of hydrogen-bond donors (Lipinski definition) is 0. The minimum absolute atomic E-state index is 0.693. The van der Waals surface area contributed by atoms with Gasteiger partial charge in [0.2, 0.25) is 5.75 Å². The molecule has 0 saturated carbocycles. The van der Waals surface area contributed by atoms with Crippen molar-refractivity contribution >= 4 is 0 Å². The quantitative estimate of drug-likeness (QED) is 0.0481. The molecule has 0 fully saturated rings. The first kappa shape index (κ1) is 61.2. The summed E-state index contributed by atoms with van der Waals surface area (Å²) in [5, 5.41) is 0. The zero-order valence-corrected chi connectivity index (χ0v) is 44.5. The largest absolute Gasteiger partial charge is 0.490 e. The van der Waals surface area contributed by atoms with Crippen LogP contribution in [-0.4, -0.2) is 19.8 Å². The first-order chi connectivity index (χ1) is 32.3. The van der Waals surface area contributed by atoms with E-state index in [9.17, 15) is 0 Å². The lowest BCUT2D eigenvalue weighted by Gasteiger charge is -2.18. The first-order valence-electron chi connectivity index (χ1n) is 29.8. The van der Waals surface area contributed by atoms with E-state index in [1.165, 1.54) is 289 Å². The summed E-state index contributed by atoms with van der Waals surface area (Å²) in [7, 11) is 0. The van der Waals surface area contributed by atoms with Crippen LogP contribution >= 0.6 is 0 Å². The number of terminal acetylenes is 1. The molecule has 0 aliphatic rings. The smallest absolute Gasteiger partial charge is 0.203 e. The molecule has 1 rings (SSSR count). The molecule has 1 aromatic rings. The van der Waals surface area contributed by atoms with Gasteiger partial charge >= 0.3 is 0 Å². The fourth-order valence-electron chi connectivity index (χ4n) is 9.51. The minimum atomic E-state index is 0.693. The van der Waals surface area contributed by atoms with E-state index in [2.05, 4.69) is 26.7 Å². The minimum Gasteiger partial charge on any atom is -0.490 e. The highest BCUT2D eigenvalue weighted by molar-refractivity contribution is 5.57. The predicted molar refractivity (Wildman–Crippen MR) is 289 cm³/mol. The van der Waals surface area contributed by atoms with Crippen LogP contribution in [-0.2, 0) is 0 Å². The van der Waals surface area contributed by atoms with Crippen LogP contribution < -0.4 is 14.2 Å². The molecule has 3 heteroatoms. The van der Waals surface area contributed by atoms with Crippen molar-refractivity contribution in [3.8, 4) is 29.6 Å². The Balaban J connectivity index is 2.41. The number of rotatable bonds is 54. The Morgan fingerprint density at radius 2 is 0.462 bits per heavy atom. The fourth-order valence-corrected chi connectivity index (χ4v) is 9.51. The van der Waals surface area contributed by atoms with Crippen molar-refractivity contribution in [3.63, 3.8) is 0 Å². The van der Waals surface area contributed by atoms with Gasteiger partial charge in [0.25, 0.3) is 0 Å². The number of ether oxygens (including phenoxy) is 3. The molecule has 0 heterocycles. The zero-order chi connectivity index (χ0) is 46.6. The van der Waals surface area contributed by atoms with Gasteiger partial charge in [-0.05, 0) is 31.4 Å². The highest BCUT2D eigenvalue weighted by Gasteiger charge is 2.16. The van der Waals surface area contributed by atoms with Crippen LogP contribution in [0, 0.1) is 12.3 Å². The van der Waals surface area contributed by atoms with E-state index in [4.69, 9.17) is 20.6 Å². The molecule has 0 N–H and O–H groups in total. The molecule has 0 radical (unpaired) electrons. The molecule has 0 aromatic heterocycles. The van der Waals surface area contributed by atoms with E-state index >= 15 is 0 Å². The summed E-state index contributed by atoms with van der Waals surface area (Å²) in [5.41, 5.74) is 0.809. The summed E-state index contributed by atoms with van der Waals surface area (Å²) in [5.74, 6) is 5.15. The van der Waals surface area contributed by atoms with Crippen LogP contribution in [0.15, 0.2) is 12.1 Å². The van der Waals surface area contributed by atoms with Crippen molar-refractivity contribution in [2.24, 2.45) is 0 Å². The summed E-state index contributed by atoms with van der Waals surface area (Å²) in [6.45, 7) is 8.99. The maximum atomic E-state index is 6.54. The van der Waals surface area contributed by atoms with E-state index < -0.39 is 0 Å². The maximum Gasteiger partial charge on any atom is 0.203 e. The van der Waals surface area contributed by atoms with Gasteiger partial charge in [-0.1, -0.05) is 316 Å². The highest BCUT2D eigenvalue weighted by Crippen LogP contribution is 2.39. The van der Waals surface area contributed by atoms with Crippen LogP contribution in [0.25, 0.3) is 0 Å². The molecule has 0 aliphatic heterocycles. The summed E-state index contributed by atoms with van der Waals surface area (Å²) in [6.07, 6.45) is 71.8. The predicted octanol–water partition coefficient (Wildman–Crippen LogP) is 21.6. The lowest BCUT2D eigenvalue weighted by Crippen LogP contribution is -2.07. The van der Waals surface area contributed by atoms with E-state index in [0.29, 0.717) is 19.8 Å². The third-order valence-electron chi connectivity index (χ3n) is 13.9. The second kappa shape index (κ2) is 51.6. The van der Waals surface area contributed by atoms with Crippen LogP contribution in [0.2, 0.25) is 0 Å². The molecule has 3 nitrogen and oxygen atoms in total. The first-order valence-corrected chi connectivity index (χ1v) is 29.8. The van der Waals surface area contributed by atoms with Crippen molar-refractivity contribution in [2.45, 2.75) is 329 Å². The average Bonchev–Trinajstić information content (AvgIpc) is 3.32. The van der Waals surface area contributed by atoms with E-state index in [-0.39, 0.29) is 0 Å². The standard InChI is InChI=1S/C62H114O3/c1-5-9-12-15-18-21-24-27-30-33-36-39-42-45-48-51-54-63-60-57-59(8-4)58-61(64-55-52-49-46-43-40-37-34-31-28-25-22-19-16-13-10-6-2)62(60)65-56-53-50-47-44-41-38-35-32-29-26-23-20-17-14-11-7-3/h4,57-58H,5-7,9-56H2,1-3H3. The van der Waals surface area contributed by atoms with Crippen LogP contribution in [0.3, 0.4) is 0 Å². The molecule has 0 saturated heterocycles. The number of unbranched alkanes of at least 4 members (excludes halogenated alkanes) is 45. The molecule has 0 spiro atoms. The normalized spacial score (nSPS) is 11.4. The second-order valence-electron chi connectivity index (χ2n) is 20.4. The lowest BCUT2D eigenvalue weighted by molar-refractivity contribution is 0.234. The molecule has 65 heavy (non-hydrogen) atoms. The molecule has 380 valence electrons. The van der Waals surface area contributed by atoms with Crippen molar-refractivity contribution < 1.29 is 14.2 Å². The van der Waals surface area contributed by atoms with Gasteiger partial charge in [-0.3, -0.25) is 0 Å². The molecular weight excluding hydrogens is 793 g/mol. The van der Waals surface area contributed by atoms with Gasteiger partial charge in [0, 0.05) is 5.56 Å². The monoisotopic (exact) mass is 907 g/mol. The second-order valence-corrected chi connectivity index (χ2v) is 20.4. The lowest BCUT2D eigenvalue weighted by atomic mass is 10.0. The third-order valence-corrected chi connectivity index (χ3v) is 13.9. The number of benzene rings is 1. The van der Waals surface area contributed by atoms with Crippen LogP contribution in [0.4, 0.5) is 0 Å². The molecule has 0 amide bonds. The Labute approximate surface area is 408 Å². The Morgan fingerprint density at radius 3 is 0.662 bits per heavy atom. The summed E-state index contributed by atoms with van der Waals surface area (Å²) in [4.78, 5) is 0. The Morgan fingerprint density at radius 1 is 0.277 bits per heavy atom. The van der Waals surface area contributed by atoms with Gasteiger partial charge < -0.3 is 14.2 Å². The molecule has 0 bridgehead atoms. The van der Waals surface area contributed by atoms with Crippen molar-refractivity contribution in [2.75, 3.05) is 19.8 Å². The Bertz CT molecular complexity index is 1060. The zero-order valence-electron chi connectivity index (χ0n) is 44.5. The van der Waals surface area contributed by atoms with Crippen LogP contribution in [0.1, 0.15) is 335 Å². The highest BCUT2D eigenvalue weighted by atomic mass is 16.5. The van der Waals surface area contributed by atoms with E-state index in [1.807, 2.05) is 12.1 Å². The number of hydrogen-bond acceptors (Lipinski definition) is 3. The van der Waals surface area contributed by atoms with Crippen molar-refractivity contribution in [1.82, 2.24) is 0 Å². The summed E-state index contributed by atoms with van der Waals surface area (Å²) < 4.78 is 19.5. The fraction of sp³-hybridized carbons (Fsp3) is 0.871. The molecule has 0 unspecified atom stereocenters. The van der Waals surface area contributed by atoms with Crippen LogP contribution in [0.5, 0.6) is 17.2 Å². The Hall–Kier alpha value is -1.82. The van der Waals surface area contributed by atoms with Gasteiger partial charge in [-0.2, -0.15) is 0 Å². The average molecular weight is 908 g/mol. The van der Waals surface area contributed by atoms with Crippen molar-refractivity contribution in [1.29, 1.82) is 0 Å². The van der Waals surface area contributed by atoms with Crippen molar-refractivity contribution in [3.05, 3.63) is 17.7 Å². The maximum absolute atomic E-state index is 6.54. The van der Waals surface area contributed by atoms with Gasteiger partial charge in [0.1, 0.15) is 0 Å². The van der Waals surface area contributed by atoms with E-state index in [1.54, 1.807) is 0 Å². The van der Waals surface area contributed by atoms with Gasteiger partial charge in [0.05, 0.1) is 19.8 Å². The molecule has 0 aliphatic carbocycles. The summed E-state index contributed by atoms with van der Waals surface area (Å²) in [6, 6.07) is 3.99. The molecular formula is C62H114O3. The molecule has 0 atom stereocenters. The molecule has 1 aromatic carbocycles. The summed E-state index contributed by atoms with van der Waals surface area (Å²) >= 11 is 0. The third kappa shape index (κ3) is 42.1. The van der Waals surface area contributed by atoms with Gasteiger partial charge in [-0.15, -0.1) is 6.42 Å². The SMILES string of the molecule is C#Cc1cc(OCCCCCCCCCCCCCCCCCC)c(OCCCCCCCCCCCCCCCCCC)c(OCCCCCCCCCCCCCCCCCC)c1. The van der Waals surface area contributed by atoms with E-state index in [0.717, 1.165) is 42.1 Å².